The zero-order valence-corrected chi connectivity index (χ0v) is 25.9. The Balaban J connectivity index is 1.73. The number of ether oxygens (including phenoxy) is 2. The van der Waals surface area contributed by atoms with Crippen molar-refractivity contribution in [3.05, 3.63) is 58.6 Å². The molecule has 0 aromatic heterocycles. The smallest absolute Gasteiger partial charge is 0.308 e. The number of nitrogens with zero attached hydrogens (tertiary/aromatic N) is 3. The molecule has 0 aliphatic carbocycles. The number of carbonyl (C=O) groups is 4. The summed E-state index contributed by atoms with van der Waals surface area (Å²) in [5.41, 5.74) is 1.63. The largest absolute Gasteiger partial charge is 0.496 e. The number of carboxylic acids is 1. The monoisotopic (exact) mass is 613 g/mol. The van der Waals surface area contributed by atoms with Gasteiger partial charge in [0.05, 0.1) is 26.2 Å². The lowest BCUT2D eigenvalue weighted by Crippen LogP contribution is -2.49. The normalized spacial score (nSPS) is 20.3. The molecule has 2 atom stereocenters. The summed E-state index contributed by atoms with van der Waals surface area (Å²) in [5.74, 6) is -2.26. The van der Waals surface area contributed by atoms with Crippen LogP contribution in [0.3, 0.4) is 0 Å². The number of para-hydroxylation sites is 1. The number of fused-ring (bicyclic) bond motifs is 1. The van der Waals surface area contributed by atoms with Crippen molar-refractivity contribution in [2.45, 2.75) is 46.1 Å². The van der Waals surface area contributed by atoms with Crippen LogP contribution < -0.4 is 9.64 Å². The molecule has 43 heavy (non-hydrogen) atoms. The SMILES string of the molecule is COc1ccccc1C1OCCN(CC(=O)N2CCCC(C(=O)O)C2)C(=O)CC(=O)N(CC(C)(C)C)c2ccc(Cl)cc21. The molecule has 1 fully saturated rings. The first-order valence-electron chi connectivity index (χ1n) is 14.5. The minimum Gasteiger partial charge on any atom is -0.496 e. The van der Waals surface area contributed by atoms with Crippen LogP contribution in [0.2, 0.25) is 5.02 Å². The first kappa shape index (κ1) is 32.3. The molecule has 3 amide bonds. The van der Waals surface area contributed by atoms with Crippen LogP contribution in [0, 0.1) is 11.3 Å². The van der Waals surface area contributed by atoms with E-state index in [1.54, 1.807) is 30.2 Å². The van der Waals surface area contributed by atoms with Crippen LogP contribution in [0.25, 0.3) is 0 Å². The maximum absolute atomic E-state index is 13.9. The average Bonchev–Trinajstić information content (AvgIpc) is 2.98. The number of carboxylic acid groups (broad SMARTS) is 1. The standard InChI is InChI=1S/C32H40ClN3O7/c1-32(2,3)20-36-25-12-11-22(33)16-24(25)30(23-9-5-6-10-26(23)42-4)43-15-14-35(27(37)17-28(36)38)19-29(39)34-13-7-8-21(18-34)31(40)41/h5-6,9-12,16,21,30H,7-8,13-15,17-20H2,1-4H3,(H,40,41). The van der Waals surface area contributed by atoms with E-state index in [4.69, 9.17) is 21.1 Å². The maximum atomic E-state index is 13.9. The second kappa shape index (κ2) is 13.8. The second-order valence-electron chi connectivity index (χ2n) is 12.2. The van der Waals surface area contributed by atoms with Gasteiger partial charge in [0.25, 0.3) is 0 Å². The van der Waals surface area contributed by atoms with Crippen molar-refractivity contribution in [1.82, 2.24) is 9.80 Å². The van der Waals surface area contributed by atoms with Crippen LogP contribution in [-0.4, -0.2) is 85.0 Å². The molecule has 2 unspecified atom stereocenters. The quantitative estimate of drug-likeness (QED) is 0.480. The van der Waals surface area contributed by atoms with Crippen molar-refractivity contribution in [3.8, 4) is 5.75 Å². The molecular weight excluding hydrogens is 574 g/mol. The highest BCUT2D eigenvalue weighted by atomic mass is 35.5. The van der Waals surface area contributed by atoms with Crippen molar-refractivity contribution in [2.24, 2.45) is 11.3 Å². The van der Waals surface area contributed by atoms with Crippen molar-refractivity contribution < 1.29 is 33.8 Å². The summed E-state index contributed by atoms with van der Waals surface area (Å²) in [4.78, 5) is 56.8. The van der Waals surface area contributed by atoms with Gasteiger partial charge in [0.2, 0.25) is 17.7 Å². The van der Waals surface area contributed by atoms with E-state index < -0.39 is 36.2 Å². The van der Waals surface area contributed by atoms with Gasteiger partial charge in [0, 0.05) is 48.0 Å². The number of likely N-dealkylation sites (tertiary alicyclic amines) is 1. The predicted molar refractivity (Wildman–Crippen MR) is 162 cm³/mol. The summed E-state index contributed by atoms with van der Waals surface area (Å²) in [7, 11) is 1.57. The molecule has 1 N–H and O–H groups in total. The number of carbonyl (C=O) groups excluding carboxylic acids is 3. The fourth-order valence-corrected chi connectivity index (χ4v) is 5.75. The minimum atomic E-state index is -0.941. The van der Waals surface area contributed by atoms with Crippen LogP contribution in [-0.2, 0) is 23.9 Å². The molecule has 10 nitrogen and oxygen atoms in total. The number of aliphatic carboxylic acids is 1. The molecule has 2 aliphatic heterocycles. The Kier molecular flexibility index (Phi) is 10.3. The van der Waals surface area contributed by atoms with Gasteiger partial charge in [-0.3, -0.25) is 19.2 Å². The summed E-state index contributed by atoms with van der Waals surface area (Å²) in [6, 6.07) is 12.7. The lowest BCUT2D eigenvalue weighted by molar-refractivity contribution is -0.148. The minimum absolute atomic E-state index is 0.0505. The number of amides is 3. The lowest BCUT2D eigenvalue weighted by Gasteiger charge is -2.33. The highest BCUT2D eigenvalue weighted by Gasteiger charge is 2.34. The Bertz CT molecular complexity index is 1360. The van der Waals surface area contributed by atoms with Crippen LogP contribution >= 0.6 is 11.6 Å². The highest BCUT2D eigenvalue weighted by molar-refractivity contribution is 6.30. The molecule has 0 radical (unpaired) electrons. The molecule has 0 saturated carbocycles. The molecule has 2 aliphatic rings. The number of anilines is 1. The van der Waals surface area contributed by atoms with Gasteiger partial charge >= 0.3 is 5.97 Å². The van der Waals surface area contributed by atoms with Gasteiger partial charge in [-0.25, -0.2) is 0 Å². The van der Waals surface area contributed by atoms with E-state index in [1.165, 1.54) is 9.80 Å². The number of methoxy groups -OCH3 is 1. The van der Waals surface area contributed by atoms with Gasteiger partial charge in [-0.1, -0.05) is 50.6 Å². The number of rotatable bonds is 6. The van der Waals surface area contributed by atoms with E-state index in [0.29, 0.717) is 48.0 Å². The highest BCUT2D eigenvalue weighted by Crippen LogP contribution is 2.40. The molecule has 11 heteroatoms. The summed E-state index contributed by atoms with van der Waals surface area (Å²) >= 11 is 6.50. The Morgan fingerprint density at radius 1 is 1.07 bits per heavy atom. The van der Waals surface area contributed by atoms with Gasteiger partial charge in [-0.15, -0.1) is 0 Å². The number of hydrogen-bond donors (Lipinski definition) is 1. The second-order valence-corrected chi connectivity index (χ2v) is 12.7. The summed E-state index contributed by atoms with van der Waals surface area (Å²) in [6.45, 7) is 6.67. The molecular formula is C32H40ClN3O7. The maximum Gasteiger partial charge on any atom is 0.308 e. The van der Waals surface area contributed by atoms with Crippen LogP contribution in [0.4, 0.5) is 5.69 Å². The van der Waals surface area contributed by atoms with E-state index in [1.807, 2.05) is 45.0 Å². The van der Waals surface area contributed by atoms with Crippen LogP contribution in [0.15, 0.2) is 42.5 Å². The zero-order chi connectivity index (χ0) is 31.3. The number of piperidine rings is 1. The van der Waals surface area contributed by atoms with E-state index >= 15 is 0 Å². The van der Waals surface area contributed by atoms with Crippen LogP contribution in [0.5, 0.6) is 5.75 Å². The molecule has 0 spiro atoms. The average molecular weight is 614 g/mol. The topological polar surface area (TPSA) is 117 Å². The predicted octanol–water partition coefficient (Wildman–Crippen LogP) is 4.39. The van der Waals surface area contributed by atoms with E-state index in [9.17, 15) is 24.3 Å². The molecule has 232 valence electrons. The first-order valence-corrected chi connectivity index (χ1v) is 14.9. The fraction of sp³-hybridized carbons (Fsp3) is 0.500. The van der Waals surface area contributed by atoms with Crippen molar-refractivity contribution in [2.75, 3.05) is 51.3 Å². The van der Waals surface area contributed by atoms with Crippen molar-refractivity contribution in [3.63, 3.8) is 0 Å². The summed E-state index contributed by atoms with van der Waals surface area (Å²) in [6.07, 6.45) is -0.0729. The Morgan fingerprint density at radius 2 is 1.81 bits per heavy atom. The Morgan fingerprint density at radius 3 is 2.51 bits per heavy atom. The van der Waals surface area contributed by atoms with Gasteiger partial charge in [0.1, 0.15) is 18.3 Å². The number of halogens is 1. The third kappa shape index (κ3) is 8.06. The number of benzene rings is 2. The molecule has 0 bridgehead atoms. The molecule has 4 rings (SSSR count). The van der Waals surface area contributed by atoms with E-state index in [0.717, 1.165) is 5.56 Å². The Labute approximate surface area is 257 Å². The third-order valence-corrected chi connectivity index (χ3v) is 7.90. The van der Waals surface area contributed by atoms with E-state index in [-0.39, 0.29) is 37.6 Å². The summed E-state index contributed by atoms with van der Waals surface area (Å²) < 4.78 is 12.1. The summed E-state index contributed by atoms with van der Waals surface area (Å²) in [5, 5.41) is 9.92. The molecule has 1 saturated heterocycles. The molecule has 2 aromatic carbocycles. The Hall–Kier alpha value is -3.63. The molecule has 2 heterocycles. The van der Waals surface area contributed by atoms with Crippen LogP contribution in [0.1, 0.15) is 57.3 Å². The van der Waals surface area contributed by atoms with Gasteiger partial charge in [-0.05, 0) is 42.5 Å². The van der Waals surface area contributed by atoms with Gasteiger partial charge in [-0.2, -0.15) is 0 Å². The zero-order valence-electron chi connectivity index (χ0n) is 25.2. The van der Waals surface area contributed by atoms with E-state index in [2.05, 4.69) is 0 Å². The number of hydrogen-bond acceptors (Lipinski definition) is 6. The first-order chi connectivity index (χ1) is 20.4. The molecule has 2 aromatic rings. The van der Waals surface area contributed by atoms with Gasteiger partial charge < -0.3 is 29.3 Å². The van der Waals surface area contributed by atoms with Gasteiger partial charge in [0.15, 0.2) is 0 Å². The van der Waals surface area contributed by atoms with Crippen molar-refractivity contribution >= 4 is 41.0 Å². The van der Waals surface area contributed by atoms with Crippen molar-refractivity contribution in [1.29, 1.82) is 0 Å². The third-order valence-electron chi connectivity index (χ3n) is 7.67. The fourth-order valence-electron chi connectivity index (χ4n) is 5.57. The lowest BCUT2D eigenvalue weighted by atomic mass is 9.93.